The Balaban J connectivity index is 2.77. The molecule has 0 radical (unpaired) electrons. The molecule has 1 rings (SSSR count). The molecule has 0 aliphatic carbocycles. The zero-order valence-electron chi connectivity index (χ0n) is 7.84. The fourth-order valence-corrected chi connectivity index (χ4v) is 2.12. The molecule has 0 saturated carbocycles. The van der Waals surface area contributed by atoms with Crippen LogP contribution in [0.4, 0.5) is 0 Å². The third-order valence-electron chi connectivity index (χ3n) is 2.88. The molecule has 12 heavy (non-hydrogen) atoms. The van der Waals surface area contributed by atoms with Gasteiger partial charge >= 0.3 is 5.97 Å². The van der Waals surface area contributed by atoms with Gasteiger partial charge in [0.1, 0.15) is 5.54 Å². The highest BCUT2D eigenvalue weighted by atomic mass is 16.4. The minimum Gasteiger partial charge on any atom is -0.480 e. The van der Waals surface area contributed by atoms with Crippen molar-refractivity contribution in [3.63, 3.8) is 0 Å². The van der Waals surface area contributed by atoms with Crippen LogP contribution in [0.15, 0.2) is 0 Å². The monoisotopic (exact) mass is 171 g/mol. The van der Waals surface area contributed by atoms with Gasteiger partial charge in [-0.15, -0.1) is 0 Å². The standard InChI is InChI=1S/C9H17NO2/c1-3-5-9(8(11)12)6-4-7-10(9)2/h3-7H2,1-2H3,(H,11,12)/t9-/m0/s1. The van der Waals surface area contributed by atoms with E-state index in [9.17, 15) is 4.79 Å². The number of carboxylic acid groups (broad SMARTS) is 1. The fraction of sp³-hybridized carbons (Fsp3) is 0.889. The van der Waals surface area contributed by atoms with Crippen LogP contribution in [0.1, 0.15) is 32.6 Å². The van der Waals surface area contributed by atoms with Crippen molar-refractivity contribution in [2.24, 2.45) is 0 Å². The Morgan fingerprint density at radius 3 is 2.67 bits per heavy atom. The zero-order chi connectivity index (χ0) is 9.19. The number of hydrogen-bond donors (Lipinski definition) is 1. The second-order valence-electron chi connectivity index (χ2n) is 3.61. The van der Waals surface area contributed by atoms with E-state index in [1.54, 1.807) is 0 Å². The van der Waals surface area contributed by atoms with Gasteiger partial charge in [-0.05, 0) is 32.9 Å². The van der Waals surface area contributed by atoms with Crippen LogP contribution in [-0.4, -0.2) is 35.1 Å². The number of hydrogen-bond acceptors (Lipinski definition) is 2. The molecule has 0 aromatic heterocycles. The maximum absolute atomic E-state index is 11.1. The molecule has 0 aromatic rings. The summed E-state index contributed by atoms with van der Waals surface area (Å²) in [6.45, 7) is 2.96. The normalized spacial score (nSPS) is 30.8. The number of rotatable bonds is 3. The number of carboxylic acids is 1. The fourth-order valence-electron chi connectivity index (χ4n) is 2.12. The van der Waals surface area contributed by atoms with E-state index in [0.29, 0.717) is 0 Å². The first-order valence-corrected chi connectivity index (χ1v) is 4.58. The van der Waals surface area contributed by atoms with E-state index in [2.05, 4.69) is 0 Å². The summed E-state index contributed by atoms with van der Waals surface area (Å²) in [5, 5.41) is 9.12. The molecule has 1 aliphatic heterocycles. The minimum atomic E-state index is -0.649. The molecule has 1 fully saturated rings. The first kappa shape index (κ1) is 9.52. The lowest BCUT2D eigenvalue weighted by Gasteiger charge is -2.31. The predicted molar refractivity (Wildman–Crippen MR) is 47.1 cm³/mol. The molecular formula is C9H17NO2. The first-order chi connectivity index (χ1) is 5.63. The molecule has 0 amide bonds. The van der Waals surface area contributed by atoms with E-state index in [4.69, 9.17) is 5.11 Å². The van der Waals surface area contributed by atoms with Gasteiger partial charge in [-0.2, -0.15) is 0 Å². The van der Waals surface area contributed by atoms with Crippen molar-refractivity contribution < 1.29 is 9.90 Å². The number of nitrogens with zero attached hydrogens (tertiary/aromatic N) is 1. The second-order valence-corrected chi connectivity index (χ2v) is 3.61. The van der Waals surface area contributed by atoms with Crippen LogP contribution in [0.5, 0.6) is 0 Å². The Bertz CT molecular complexity index is 181. The molecule has 70 valence electrons. The Labute approximate surface area is 73.4 Å². The molecule has 1 N–H and O–H groups in total. The molecule has 0 aromatic carbocycles. The molecule has 3 heteroatoms. The van der Waals surface area contributed by atoms with Gasteiger partial charge in [0.25, 0.3) is 0 Å². The summed E-state index contributed by atoms with van der Waals surface area (Å²) in [6, 6.07) is 0. The van der Waals surface area contributed by atoms with E-state index in [-0.39, 0.29) is 0 Å². The van der Waals surface area contributed by atoms with Gasteiger partial charge in [0, 0.05) is 0 Å². The third-order valence-corrected chi connectivity index (χ3v) is 2.88. The number of likely N-dealkylation sites (tertiary alicyclic amines) is 1. The van der Waals surface area contributed by atoms with Crippen LogP contribution >= 0.6 is 0 Å². The molecule has 1 aliphatic rings. The van der Waals surface area contributed by atoms with Crippen LogP contribution in [-0.2, 0) is 4.79 Å². The highest BCUT2D eigenvalue weighted by Gasteiger charge is 2.44. The van der Waals surface area contributed by atoms with Gasteiger partial charge in [-0.3, -0.25) is 9.69 Å². The van der Waals surface area contributed by atoms with Crippen LogP contribution in [0.25, 0.3) is 0 Å². The van der Waals surface area contributed by atoms with Crippen molar-refractivity contribution >= 4 is 5.97 Å². The number of likely N-dealkylation sites (N-methyl/N-ethyl adjacent to an activating group) is 1. The van der Waals surface area contributed by atoms with Crippen LogP contribution in [0, 0.1) is 0 Å². The van der Waals surface area contributed by atoms with Gasteiger partial charge in [0.15, 0.2) is 0 Å². The van der Waals surface area contributed by atoms with Gasteiger partial charge in [0.2, 0.25) is 0 Å². The van der Waals surface area contributed by atoms with Crippen LogP contribution in [0.3, 0.4) is 0 Å². The van der Waals surface area contributed by atoms with Crippen molar-refractivity contribution in [1.29, 1.82) is 0 Å². The maximum Gasteiger partial charge on any atom is 0.324 e. The number of carbonyl (C=O) groups is 1. The number of aliphatic carboxylic acids is 1. The molecule has 3 nitrogen and oxygen atoms in total. The van der Waals surface area contributed by atoms with Crippen molar-refractivity contribution in [3.8, 4) is 0 Å². The maximum atomic E-state index is 11.1. The molecule has 0 spiro atoms. The highest BCUT2D eigenvalue weighted by molar-refractivity contribution is 5.79. The quantitative estimate of drug-likeness (QED) is 0.696. The molecule has 0 unspecified atom stereocenters. The van der Waals surface area contributed by atoms with E-state index < -0.39 is 11.5 Å². The SMILES string of the molecule is CCC[C@@]1(C(=O)O)CCCN1C. The van der Waals surface area contributed by atoms with Gasteiger partial charge < -0.3 is 5.11 Å². The summed E-state index contributed by atoms with van der Waals surface area (Å²) in [5.74, 6) is -0.649. The topological polar surface area (TPSA) is 40.5 Å². The first-order valence-electron chi connectivity index (χ1n) is 4.58. The predicted octanol–water partition coefficient (Wildman–Crippen LogP) is 1.34. The lowest BCUT2D eigenvalue weighted by Crippen LogP contribution is -2.48. The van der Waals surface area contributed by atoms with E-state index >= 15 is 0 Å². The highest BCUT2D eigenvalue weighted by Crippen LogP contribution is 2.32. The van der Waals surface area contributed by atoms with Crippen molar-refractivity contribution in [3.05, 3.63) is 0 Å². The molecule has 1 atom stereocenters. The summed E-state index contributed by atoms with van der Waals surface area (Å²) >= 11 is 0. The summed E-state index contributed by atoms with van der Waals surface area (Å²) in [7, 11) is 1.91. The average molecular weight is 171 g/mol. The van der Waals surface area contributed by atoms with Gasteiger partial charge in [-0.25, -0.2) is 0 Å². The van der Waals surface area contributed by atoms with Crippen molar-refractivity contribution in [1.82, 2.24) is 4.90 Å². The average Bonchev–Trinajstić information content (AvgIpc) is 2.34. The molecule has 1 heterocycles. The van der Waals surface area contributed by atoms with E-state index in [1.807, 2.05) is 18.9 Å². The van der Waals surface area contributed by atoms with Gasteiger partial charge in [0.05, 0.1) is 0 Å². The smallest absolute Gasteiger partial charge is 0.324 e. The minimum absolute atomic E-state index is 0.547. The summed E-state index contributed by atoms with van der Waals surface area (Å²) in [4.78, 5) is 13.1. The lowest BCUT2D eigenvalue weighted by molar-refractivity contribution is -0.149. The third kappa shape index (κ3) is 1.33. The van der Waals surface area contributed by atoms with Crippen molar-refractivity contribution in [2.75, 3.05) is 13.6 Å². The van der Waals surface area contributed by atoms with Crippen LogP contribution < -0.4 is 0 Å². The van der Waals surface area contributed by atoms with Gasteiger partial charge in [-0.1, -0.05) is 13.3 Å². The molecule has 0 bridgehead atoms. The summed E-state index contributed by atoms with van der Waals surface area (Å²) in [6.07, 6.45) is 3.55. The largest absolute Gasteiger partial charge is 0.480 e. The van der Waals surface area contributed by atoms with E-state index in [1.165, 1.54) is 0 Å². The Kier molecular flexibility index (Phi) is 2.73. The Morgan fingerprint density at radius 1 is 1.67 bits per heavy atom. The Morgan fingerprint density at radius 2 is 2.33 bits per heavy atom. The Hall–Kier alpha value is -0.570. The molecular weight excluding hydrogens is 154 g/mol. The van der Waals surface area contributed by atoms with Crippen LogP contribution in [0.2, 0.25) is 0 Å². The zero-order valence-corrected chi connectivity index (χ0v) is 7.84. The second kappa shape index (κ2) is 3.44. The molecule has 1 saturated heterocycles. The lowest BCUT2D eigenvalue weighted by atomic mass is 9.91. The summed E-state index contributed by atoms with van der Waals surface area (Å²) in [5.41, 5.74) is -0.547. The van der Waals surface area contributed by atoms with E-state index in [0.717, 1.165) is 32.2 Å². The summed E-state index contributed by atoms with van der Waals surface area (Å²) < 4.78 is 0. The van der Waals surface area contributed by atoms with Crippen molar-refractivity contribution in [2.45, 2.75) is 38.1 Å².